The monoisotopic (exact) mass is 275 g/mol. The molecule has 2 aromatic rings. The molecule has 0 aromatic carbocycles. The average Bonchev–Trinajstić information content (AvgIpc) is 2.76. The summed E-state index contributed by atoms with van der Waals surface area (Å²) in [6.45, 7) is 6.66. The molecule has 108 valence electrons. The summed E-state index contributed by atoms with van der Waals surface area (Å²) in [4.78, 5) is 21.0. The zero-order valence-electron chi connectivity index (χ0n) is 12.3. The molecule has 5 nitrogen and oxygen atoms in total. The number of fused-ring (bicyclic) bond motifs is 1. The molecule has 0 aliphatic rings. The van der Waals surface area contributed by atoms with Gasteiger partial charge in [-0.2, -0.15) is 4.98 Å². The second-order valence-corrected chi connectivity index (χ2v) is 5.19. The van der Waals surface area contributed by atoms with Gasteiger partial charge in [-0.1, -0.05) is 20.3 Å². The maximum Gasteiger partial charge on any atom is 0.305 e. The third kappa shape index (κ3) is 3.15. The maximum atomic E-state index is 12.4. The van der Waals surface area contributed by atoms with Gasteiger partial charge in [0.2, 0.25) is 5.91 Å². The molecule has 2 aromatic heterocycles. The molecule has 0 N–H and O–H groups in total. The second kappa shape index (κ2) is 6.50. The van der Waals surface area contributed by atoms with E-state index in [9.17, 15) is 4.79 Å². The summed E-state index contributed by atoms with van der Waals surface area (Å²) in [5, 5.41) is 0. The third-order valence-electron chi connectivity index (χ3n) is 3.08. The van der Waals surface area contributed by atoms with Gasteiger partial charge in [0.1, 0.15) is 5.52 Å². The minimum Gasteiger partial charge on any atom is -0.465 e. The number of hydrogen-bond acceptors (Lipinski definition) is 4. The summed E-state index contributed by atoms with van der Waals surface area (Å²) in [5.74, 6) is 0.599. The van der Waals surface area contributed by atoms with E-state index in [0.717, 1.165) is 12.8 Å². The van der Waals surface area contributed by atoms with E-state index in [1.165, 1.54) is 4.57 Å². The summed E-state index contributed by atoms with van der Waals surface area (Å²) in [6, 6.07) is 3.98. The topological polar surface area (TPSA) is 57.0 Å². The van der Waals surface area contributed by atoms with Crippen LogP contribution in [0.5, 0.6) is 6.01 Å². The van der Waals surface area contributed by atoms with Crippen molar-refractivity contribution in [3.63, 3.8) is 0 Å². The van der Waals surface area contributed by atoms with Gasteiger partial charge in [-0.25, -0.2) is 9.55 Å². The predicted molar refractivity (Wildman–Crippen MR) is 78.0 cm³/mol. The Balaban J connectivity index is 2.26. The quantitative estimate of drug-likeness (QED) is 0.811. The van der Waals surface area contributed by atoms with Crippen LogP contribution in [-0.4, -0.2) is 27.0 Å². The smallest absolute Gasteiger partial charge is 0.305 e. The van der Waals surface area contributed by atoms with Crippen molar-refractivity contribution in [2.75, 3.05) is 6.61 Å². The summed E-state index contributed by atoms with van der Waals surface area (Å²) in [7, 11) is 0. The van der Waals surface area contributed by atoms with Crippen molar-refractivity contribution in [2.24, 2.45) is 5.92 Å². The number of rotatable bonds is 6. The zero-order valence-corrected chi connectivity index (χ0v) is 12.3. The van der Waals surface area contributed by atoms with Gasteiger partial charge in [0.25, 0.3) is 0 Å². The van der Waals surface area contributed by atoms with Crippen molar-refractivity contribution >= 4 is 17.1 Å². The van der Waals surface area contributed by atoms with Gasteiger partial charge < -0.3 is 4.74 Å². The standard InChI is InChI=1S/C15H21N3O2/c1-4-20-15-17-12-8-6-10-16-14(12)18(15)13(19)9-5-7-11(2)3/h6,8,10-11H,4-5,7,9H2,1-3H3. The van der Waals surface area contributed by atoms with E-state index in [0.29, 0.717) is 36.1 Å². The number of carbonyl (C=O) groups is 1. The van der Waals surface area contributed by atoms with Crippen molar-refractivity contribution in [3.05, 3.63) is 18.3 Å². The van der Waals surface area contributed by atoms with Crippen LogP contribution in [0.3, 0.4) is 0 Å². The van der Waals surface area contributed by atoms with Crippen LogP contribution in [0, 0.1) is 5.92 Å². The fourth-order valence-electron chi connectivity index (χ4n) is 2.12. The van der Waals surface area contributed by atoms with Crippen LogP contribution >= 0.6 is 0 Å². The molecule has 0 fully saturated rings. The molecule has 0 saturated heterocycles. The lowest BCUT2D eigenvalue weighted by molar-refractivity contribution is 0.0888. The van der Waals surface area contributed by atoms with Crippen LogP contribution in [0.15, 0.2) is 18.3 Å². The number of nitrogens with zero attached hydrogens (tertiary/aromatic N) is 3. The van der Waals surface area contributed by atoms with Gasteiger partial charge in [-0.05, 0) is 31.4 Å². The largest absolute Gasteiger partial charge is 0.465 e. The third-order valence-corrected chi connectivity index (χ3v) is 3.08. The lowest BCUT2D eigenvalue weighted by atomic mass is 10.1. The first kappa shape index (κ1) is 14.5. The van der Waals surface area contributed by atoms with E-state index >= 15 is 0 Å². The predicted octanol–water partition coefficient (Wildman–Crippen LogP) is 3.30. The molecule has 0 spiro atoms. The molecule has 0 saturated carbocycles. The Labute approximate surface area is 119 Å². The highest BCUT2D eigenvalue weighted by Crippen LogP contribution is 2.20. The van der Waals surface area contributed by atoms with Crippen LogP contribution in [0.4, 0.5) is 0 Å². The minimum atomic E-state index is -0.00435. The Morgan fingerprint density at radius 1 is 1.45 bits per heavy atom. The van der Waals surface area contributed by atoms with Crippen LogP contribution in [-0.2, 0) is 0 Å². The molecular formula is C15H21N3O2. The number of carbonyl (C=O) groups excluding carboxylic acids is 1. The zero-order chi connectivity index (χ0) is 14.5. The Morgan fingerprint density at radius 3 is 2.95 bits per heavy atom. The Kier molecular flexibility index (Phi) is 4.71. The molecular weight excluding hydrogens is 254 g/mol. The van der Waals surface area contributed by atoms with E-state index in [2.05, 4.69) is 23.8 Å². The highest BCUT2D eigenvalue weighted by molar-refractivity contribution is 5.90. The molecule has 2 heterocycles. The van der Waals surface area contributed by atoms with Crippen LogP contribution in [0.2, 0.25) is 0 Å². The van der Waals surface area contributed by atoms with Gasteiger partial charge in [0, 0.05) is 12.6 Å². The molecule has 2 rings (SSSR count). The number of hydrogen-bond donors (Lipinski definition) is 0. The average molecular weight is 275 g/mol. The first-order valence-electron chi connectivity index (χ1n) is 7.13. The molecule has 0 amide bonds. The Bertz CT molecular complexity index is 590. The molecule has 0 aliphatic heterocycles. The Morgan fingerprint density at radius 2 is 2.25 bits per heavy atom. The molecule has 0 unspecified atom stereocenters. The maximum absolute atomic E-state index is 12.4. The molecule has 20 heavy (non-hydrogen) atoms. The van der Waals surface area contributed by atoms with Gasteiger partial charge in [-0.15, -0.1) is 0 Å². The van der Waals surface area contributed by atoms with Crippen LogP contribution in [0.1, 0.15) is 44.8 Å². The molecule has 0 bridgehead atoms. The number of imidazole rings is 1. The van der Waals surface area contributed by atoms with E-state index in [1.807, 2.05) is 13.0 Å². The summed E-state index contributed by atoms with van der Waals surface area (Å²) in [5.41, 5.74) is 1.26. The number of aromatic nitrogens is 3. The first-order valence-corrected chi connectivity index (χ1v) is 7.13. The first-order chi connectivity index (χ1) is 9.63. The lowest BCUT2D eigenvalue weighted by Gasteiger charge is -2.08. The normalized spacial score (nSPS) is 11.2. The lowest BCUT2D eigenvalue weighted by Crippen LogP contribution is -2.13. The highest BCUT2D eigenvalue weighted by Gasteiger charge is 2.18. The van der Waals surface area contributed by atoms with Crippen LogP contribution in [0.25, 0.3) is 11.2 Å². The summed E-state index contributed by atoms with van der Waals surface area (Å²) < 4.78 is 6.96. The van der Waals surface area contributed by atoms with Crippen molar-refractivity contribution in [2.45, 2.75) is 40.0 Å². The van der Waals surface area contributed by atoms with E-state index in [-0.39, 0.29) is 5.91 Å². The van der Waals surface area contributed by atoms with Gasteiger partial charge in [-0.3, -0.25) is 4.79 Å². The molecule has 5 heteroatoms. The fraction of sp³-hybridized carbons (Fsp3) is 0.533. The van der Waals surface area contributed by atoms with Crippen molar-refractivity contribution in [1.82, 2.24) is 14.5 Å². The van der Waals surface area contributed by atoms with Gasteiger partial charge in [0.15, 0.2) is 5.65 Å². The van der Waals surface area contributed by atoms with Gasteiger partial charge in [0.05, 0.1) is 6.61 Å². The molecule has 0 radical (unpaired) electrons. The summed E-state index contributed by atoms with van der Waals surface area (Å²) >= 11 is 0. The van der Waals surface area contributed by atoms with Crippen LogP contribution < -0.4 is 4.74 Å². The van der Waals surface area contributed by atoms with Crippen molar-refractivity contribution in [1.29, 1.82) is 0 Å². The molecule has 0 atom stereocenters. The van der Waals surface area contributed by atoms with E-state index in [1.54, 1.807) is 12.3 Å². The number of ether oxygens (including phenoxy) is 1. The molecule has 0 aliphatic carbocycles. The SMILES string of the molecule is CCOc1nc2cccnc2n1C(=O)CCCC(C)C. The fourth-order valence-corrected chi connectivity index (χ4v) is 2.12. The van der Waals surface area contributed by atoms with Gasteiger partial charge >= 0.3 is 6.01 Å². The van der Waals surface area contributed by atoms with Crippen molar-refractivity contribution < 1.29 is 9.53 Å². The Hall–Kier alpha value is -1.91. The van der Waals surface area contributed by atoms with Crippen molar-refractivity contribution in [3.8, 4) is 6.01 Å². The highest BCUT2D eigenvalue weighted by atomic mass is 16.5. The second-order valence-electron chi connectivity index (χ2n) is 5.19. The minimum absolute atomic E-state index is 0.00435. The van der Waals surface area contributed by atoms with E-state index < -0.39 is 0 Å². The van der Waals surface area contributed by atoms with E-state index in [4.69, 9.17) is 4.74 Å². The summed E-state index contributed by atoms with van der Waals surface area (Å²) in [6.07, 6.45) is 4.06. The number of pyridine rings is 1.